The molecule has 2 aliphatic rings. The Bertz CT molecular complexity index is 757. The van der Waals surface area contributed by atoms with Crippen molar-refractivity contribution in [2.45, 2.75) is 33.1 Å². The lowest BCUT2D eigenvalue weighted by atomic mass is 9.90. The number of ether oxygens (including phenoxy) is 1. The van der Waals surface area contributed by atoms with Crippen molar-refractivity contribution >= 4 is 29.2 Å². The van der Waals surface area contributed by atoms with Gasteiger partial charge < -0.3 is 9.64 Å². The Hall–Kier alpha value is -2.70. The molecule has 0 aliphatic carbocycles. The fraction of sp³-hybridized carbons (Fsp3) is 0.444. The highest BCUT2D eigenvalue weighted by atomic mass is 16.5. The van der Waals surface area contributed by atoms with Gasteiger partial charge in [-0.1, -0.05) is 6.07 Å². The van der Waals surface area contributed by atoms with E-state index in [1.165, 1.54) is 6.92 Å². The number of anilines is 1. The van der Waals surface area contributed by atoms with E-state index in [9.17, 15) is 14.4 Å². The molecule has 0 bridgehead atoms. The van der Waals surface area contributed by atoms with Crippen molar-refractivity contribution in [3.63, 3.8) is 0 Å². The molecule has 0 fully saturated rings. The van der Waals surface area contributed by atoms with Gasteiger partial charge in [-0.25, -0.2) is 5.43 Å². The van der Waals surface area contributed by atoms with Crippen molar-refractivity contribution in [3.8, 4) is 0 Å². The predicted molar refractivity (Wildman–Crippen MR) is 92.2 cm³/mol. The molecule has 132 valence electrons. The third kappa shape index (κ3) is 3.55. The first-order chi connectivity index (χ1) is 12.0. The van der Waals surface area contributed by atoms with E-state index in [4.69, 9.17) is 4.74 Å². The minimum atomic E-state index is -0.382. The van der Waals surface area contributed by atoms with Gasteiger partial charge in [0.2, 0.25) is 11.8 Å². The normalized spacial score (nSPS) is 19.8. The van der Waals surface area contributed by atoms with Crippen LogP contribution in [0.2, 0.25) is 0 Å². The molecule has 2 heterocycles. The monoisotopic (exact) mass is 343 g/mol. The average molecular weight is 343 g/mol. The van der Waals surface area contributed by atoms with E-state index in [2.05, 4.69) is 10.5 Å². The number of carbonyl (C=O) groups is 3. The van der Waals surface area contributed by atoms with E-state index in [-0.39, 0.29) is 36.7 Å². The number of amides is 2. The summed E-state index contributed by atoms with van der Waals surface area (Å²) < 4.78 is 5.09. The van der Waals surface area contributed by atoms with E-state index in [1.807, 2.05) is 25.1 Å². The number of esters is 1. The van der Waals surface area contributed by atoms with E-state index >= 15 is 0 Å². The molecule has 2 amide bonds. The zero-order valence-corrected chi connectivity index (χ0v) is 14.4. The van der Waals surface area contributed by atoms with Crippen LogP contribution in [0.15, 0.2) is 23.3 Å². The lowest BCUT2D eigenvalue weighted by Gasteiger charge is -2.29. The van der Waals surface area contributed by atoms with Crippen LogP contribution in [0.5, 0.6) is 0 Å². The second-order valence-corrected chi connectivity index (χ2v) is 6.22. The van der Waals surface area contributed by atoms with Gasteiger partial charge in [-0.3, -0.25) is 14.4 Å². The standard InChI is InChI=1S/C18H21N3O4/c1-3-21-15-6-4-13(8-12(15)5-7-17(21)24)18-14(10-25-11(2)22)9-16(23)19-20-18/h4,6,8,14H,3,5,7,9-10H2,1-2H3,(H,19,23). The number of rotatable bonds is 4. The van der Waals surface area contributed by atoms with Crippen LogP contribution >= 0.6 is 0 Å². The van der Waals surface area contributed by atoms with Gasteiger partial charge in [0, 0.05) is 37.9 Å². The highest BCUT2D eigenvalue weighted by molar-refractivity contribution is 6.07. The van der Waals surface area contributed by atoms with E-state index in [0.717, 1.165) is 16.8 Å². The van der Waals surface area contributed by atoms with Crippen LogP contribution in [0.4, 0.5) is 5.69 Å². The molecule has 3 rings (SSSR count). The molecule has 7 heteroatoms. The molecule has 1 N–H and O–H groups in total. The zero-order valence-electron chi connectivity index (χ0n) is 14.4. The van der Waals surface area contributed by atoms with Gasteiger partial charge in [0.15, 0.2) is 0 Å². The number of hydrogen-bond donors (Lipinski definition) is 1. The van der Waals surface area contributed by atoms with Gasteiger partial charge in [0.1, 0.15) is 6.61 Å². The molecule has 1 unspecified atom stereocenters. The molecule has 2 aliphatic heterocycles. The highest BCUT2D eigenvalue weighted by Crippen LogP contribution is 2.30. The van der Waals surface area contributed by atoms with Crippen LogP contribution in [0, 0.1) is 5.92 Å². The van der Waals surface area contributed by atoms with Gasteiger partial charge >= 0.3 is 5.97 Å². The minimum absolute atomic E-state index is 0.123. The van der Waals surface area contributed by atoms with Crippen LogP contribution in [-0.2, 0) is 25.5 Å². The molecule has 7 nitrogen and oxygen atoms in total. The Balaban J connectivity index is 1.91. The van der Waals surface area contributed by atoms with Crippen molar-refractivity contribution < 1.29 is 19.1 Å². The zero-order chi connectivity index (χ0) is 18.0. The topological polar surface area (TPSA) is 88.1 Å². The molecule has 1 aromatic rings. The minimum Gasteiger partial charge on any atom is -0.465 e. The van der Waals surface area contributed by atoms with Crippen LogP contribution in [-0.4, -0.2) is 36.6 Å². The van der Waals surface area contributed by atoms with Crippen LogP contribution in [0.1, 0.15) is 37.8 Å². The maximum absolute atomic E-state index is 12.0. The smallest absolute Gasteiger partial charge is 0.302 e. The Morgan fingerprint density at radius 1 is 1.36 bits per heavy atom. The van der Waals surface area contributed by atoms with Gasteiger partial charge in [-0.15, -0.1) is 0 Å². The maximum Gasteiger partial charge on any atom is 0.302 e. The van der Waals surface area contributed by atoms with Crippen LogP contribution in [0.25, 0.3) is 0 Å². The van der Waals surface area contributed by atoms with Crippen molar-refractivity contribution in [1.82, 2.24) is 5.43 Å². The molecule has 1 aromatic carbocycles. The van der Waals surface area contributed by atoms with Gasteiger partial charge in [-0.2, -0.15) is 5.10 Å². The number of aryl methyl sites for hydroxylation is 1. The van der Waals surface area contributed by atoms with Crippen molar-refractivity contribution in [2.75, 3.05) is 18.1 Å². The number of hydrogen-bond acceptors (Lipinski definition) is 5. The summed E-state index contributed by atoms with van der Waals surface area (Å²) in [6, 6.07) is 5.84. The Kier molecular flexibility index (Phi) is 4.83. The van der Waals surface area contributed by atoms with Gasteiger partial charge in [-0.05, 0) is 36.6 Å². The first-order valence-electron chi connectivity index (χ1n) is 8.43. The van der Waals surface area contributed by atoms with Crippen molar-refractivity contribution in [2.24, 2.45) is 11.0 Å². The summed E-state index contributed by atoms with van der Waals surface area (Å²) in [5.74, 6) is -0.713. The molecule has 1 atom stereocenters. The largest absolute Gasteiger partial charge is 0.465 e. The molecule has 0 saturated heterocycles. The third-order valence-electron chi connectivity index (χ3n) is 4.50. The number of nitrogens with zero attached hydrogens (tertiary/aromatic N) is 2. The van der Waals surface area contributed by atoms with Gasteiger partial charge in [0.05, 0.1) is 5.71 Å². The SMILES string of the molecule is CCN1C(=O)CCc2cc(C3=NNC(=O)CC3COC(C)=O)ccc21. The summed E-state index contributed by atoms with van der Waals surface area (Å²) in [6.45, 7) is 4.06. The Morgan fingerprint density at radius 3 is 2.88 bits per heavy atom. The molecule has 0 radical (unpaired) electrons. The summed E-state index contributed by atoms with van der Waals surface area (Å²) in [4.78, 5) is 36.5. The number of fused-ring (bicyclic) bond motifs is 1. The summed E-state index contributed by atoms with van der Waals surface area (Å²) in [7, 11) is 0. The van der Waals surface area contributed by atoms with E-state index < -0.39 is 0 Å². The summed E-state index contributed by atoms with van der Waals surface area (Å²) in [5.41, 5.74) is 6.09. The van der Waals surface area contributed by atoms with Crippen molar-refractivity contribution in [1.29, 1.82) is 0 Å². The molecular formula is C18H21N3O4. The molecule has 25 heavy (non-hydrogen) atoms. The fourth-order valence-electron chi connectivity index (χ4n) is 3.30. The lowest BCUT2D eigenvalue weighted by molar-refractivity contribution is -0.142. The lowest BCUT2D eigenvalue weighted by Crippen LogP contribution is -2.37. The highest BCUT2D eigenvalue weighted by Gasteiger charge is 2.29. The van der Waals surface area contributed by atoms with Gasteiger partial charge in [0.25, 0.3) is 0 Å². The van der Waals surface area contributed by atoms with Crippen LogP contribution in [0.3, 0.4) is 0 Å². The average Bonchev–Trinajstić information content (AvgIpc) is 2.59. The quantitative estimate of drug-likeness (QED) is 0.837. The fourth-order valence-corrected chi connectivity index (χ4v) is 3.30. The third-order valence-corrected chi connectivity index (χ3v) is 4.50. The molecule has 0 saturated carbocycles. The maximum atomic E-state index is 12.0. The summed E-state index contributed by atoms with van der Waals surface area (Å²) >= 11 is 0. The Labute approximate surface area is 146 Å². The predicted octanol–water partition coefficient (Wildman–Crippen LogP) is 1.39. The number of hydrazone groups is 1. The number of nitrogens with one attached hydrogen (secondary N) is 1. The molecule has 0 spiro atoms. The first kappa shape index (κ1) is 17.1. The number of carbonyl (C=O) groups excluding carboxylic acids is 3. The van der Waals surface area contributed by atoms with E-state index in [1.54, 1.807) is 4.90 Å². The van der Waals surface area contributed by atoms with Crippen LogP contribution < -0.4 is 10.3 Å². The molecule has 0 aromatic heterocycles. The molecular weight excluding hydrogens is 322 g/mol. The summed E-state index contributed by atoms with van der Waals surface area (Å²) in [6.07, 6.45) is 1.40. The van der Waals surface area contributed by atoms with E-state index in [0.29, 0.717) is 25.1 Å². The second-order valence-electron chi connectivity index (χ2n) is 6.22. The number of benzene rings is 1. The Morgan fingerprint density at radius 2 is 2.16 bits per heavy atom. The first-order valence-corrected chi connectivity index (χ1v) is 8.43. The summed E-state index contributed by atoms with van der Waals surface area (Å²) in [5, 5.41) is 4.19. The van der Waals surface area contributed by atoms with Crippen molar-refractivity contribution in [3.05, 3.63) is 29.3 Å². The second kappa shape index (κ2) is 7.04.